The first-order valence-corrected chi connectivity index (χ1v) is 6.54. The molecule has 0 unspecified atom stereocenters. The van der Waals surface area contributed by atoms with Gasteiger partial charge in [0.1, 0.15) is 0 Å². The van der Waals surface area contributed by atoms with Gasteiger partial charge in [0.15, 0.2) is 11.6 Å². The molecule has 2 aromatic rings. The van der Waals surface area contributed by atoms with E-state index in [1.165, 1.54) is 18.4 Å². The van der Waals surface area contributed by atoms with Gasteiger partial charge in [-0.05, 0) is 0 Å². The number of imide groups is 1. The Balaban J connectivity index is 1.79. The van der Waals surface area contributed by atoms with Gasteiger partial charge in [-0.3, -0.25) is 19.3 Å². The molecule has 8 nitrogen and oxygen atoms in total. The molecule has 0 radical (unpaired) electrons. The monoisotopic (exact) mass is 296 g/mol. The number of nitrogens with one attached hydrogen (secondary N) is 2. The number of hydrogen-bond donors (Lipinski definition) is 2. The van der Waals surface area contributed by atoms with Crippen LogP contribution in [0.5, 0.6) is 0 Å². The second kappa shape index (κ2) is 6.15. The van der Waals surface area contributed by atoms with E-state index in [9.17, 15) is 14.4 Å². The molecule has 3 amide bonds. The highest BCUT2D eigenvalue weighted by Crippen LogP contribution is 2.11. The lowest BCUT2D eigenvalue weighted by atomic mass is 10.3. The van der Waals surface area contributed by atoms with Crippen molar-refractivity contribution in [3.63, 3.8) is 0 Å². The van der Waals surface area contributed by atoms with Crippen LogP contribution in [0, 0.1) is 0 Å². The Morgan fingerprint density at radius 1 is 1.45 bits per heavy atom. The maximum absolute atomic E-state index is 11.5. The van der Waals surface area contributed by atoms with E-state index in [-0.39, 0.29) is 6.42 Å². The number of urea groups is 1. The molecule has 0 saturated carbocycles. The predicted molar refractivity (Wildman–Crippen MR) is 70.3 cm³/mol. The number of fused-ring (bicyclic) bond motifs is 1. The van der Waals surface area contributed by atoms with Crippen molar-refractivity contribution in [2.24, 2.45) is 0 Å². The quantitative estimate of drug-likeness (QED) is 0.769. The van der Waals surface area contributed by atoms with E-state index in [1.54, 1.807) is 10.6 Å². The highest BCUT2D eigenvalue weighted by molar-refractivity contribution is 7.15. The van der Waals surface area contributed by atoms with Crippen molar-refractivity contribution >= 4 is 34.2 Å². The highest BCUT2D eigenvalue weighted by atomic mass is 32.1. The number of ether oxygens (including phenoxy) is 1. The number of esters is 1. The van der Waals surface area contributed by atoms with E-state index >= 15 is 0 Å². The van der Waals surface area contributed by atoms with Crippen molar-refractivity contribution in [1.29, 1.82) is 0 Å². The van der Waals surface area contributed by atoms with Crippen LogP contribution in [0.4, 0.5) is 4.79 Å². The normalized spacial score (nSPS) is 10.2. The second-order valence-corrected chi connectivity index (χ2v) is 4.66. The Bertz CT molecular complexity index is 619. The van der Waals surface area contributed by atoms with E-state index in [0.29, 0.717) is 5.69 Å². The third-order valence-corrected chi connectivity index (χ3v) is 3.08. The standard InChI is InChI=1S/C11H12N4O4S/c1-12-10(18)14-8(16)6-19-9(17)4-7-5-15-2-3-20-11(15)13-7/h2-3,5H,4,6H2,1H3,(H2,12,14,16,18). The van der Waals surface area contributed by atoms with Crippen LogP contribution in [0.3, 0.4) is 0 Å². The summed E-state index contributed by atoms with van der Waals surface area (Å²) in [6.45, 7) is -0.505. The van der Waals surface area contributed by atoms with Crippen molar-refractivity contribution in [1.82, 2.24) is 20.0 Å². The molecule has 2 rings (SSSR count). The molecule has 9 heteroatoms. The predicted octanol–water partition coefficient (Wildman–Crippen LogP) is -0.0629. The number of aromatic nitrogens is 2. The van der Waals surface area contributed by atoms with E-state index in [0.717, 1.165) is 4.96 Å². The van der Waals surface area contributed by atoms with Crippen molar-refractivity contribution < 1.29 is 19.1 Å². The molecule has 0 aliphatic rings. The zero-order chi connectivity index (χ0) is 14.5. The van der Waals surface area contributed by atoms with E-state index in [2.05, 4.69) is 10.3 Å². The third kappa shape index (κ3) is 3.54. The van der Waals surface area contributed by atoms with Crippen LogP contribution in [0.2, 0.25) is 0 Å². The summed E-state index contributed by atoms with van der Waals surface area (Å²) in [6, 6.07) is -0.652. The van der Waals surface area contributed by atoms with Crippen molar-refractivity contribution in [3.8, 4) is 0 Å². The van der Waals surface area contributed by atoms with Crippen molar-refractivity contribution in [2.45, 2.75) is 6.42 Å². The molecule has 20 heavy (non-hydrogen) atoms. The number of amides is 3. The summed E-state index contributed by atoms with van der Waals surface area (Å²) in [6.07, 6.45) is 3.53. The van der Waals surface area contributed by atoms with Gasteiger partial charge in [-0.1, -0.05) is 0 Å². The molecule has 0 aromatic carbocycles. The summed E-state index contributed by atoms with van der Waals surface area (Å²) in [5.74, 6) is -1.27. The molecule has 0 fully saturated rings. The average molecular weight is 296 g/mol. The van der Waals surface area contributed by atoms with Gasteiger partial charge in [-0.25, -0.2) is 9.78 Å². The van der Waals surface area contributed by atoms with Crippen LogP contribution in [0.1, 0.15) is 5.69 Å². The summed E-state index contributed by atoms with van der Waals surface area (Å²) in [4.78, 5) is 38.6. The lowest BCUT2D eigenvalue weighted by Gasteiger charge is -2.04. The minimum absolute atomic E-state index is 0.0261. The maximum Gasteiger partial charge on any atom is 0.321 e. The fourth-order valence-corrected chi connectivity index (χ4v) is 2.15. The molecule has 2 N–H and O–H groups in total. The zero-order valence-corrected chi connectivity index (χ0v) is 11.4. The number of nitrogens with zero attached hydrogens (tertiary/aromatic N) is 2. The average Bonchev–Trinajstić information content (AvgIpc) is 2.97. The first-order valence-electron chi connectivity index (χ1n) is 5.66. The fourth-order valence-electron chi connectivity index (χ4n) is 1.43. The summed E-state index contributed by atoms with van der Waals surface area (Å²) in [5, 5.41) is 6.08. The van der Waals surface area contributed by atoms with Gasteiger partial charge in [-0.2, -0.15) is 0 Å². The molecule has 0 bridgehead atoms. The fraction of sp³-hybridized carbons (Fsp3) is 0.273. The Kier molecular flexibility index (Phi) is 4.31. The molecule has 0 spiro atoms. The Hall–Kier alpha value is -2.42. The van der Waals surface area contributed by atoms with Crippen LogP contribution in [0.25, 0.3) is 4.96 Å². The molecule has 2 heterocycles. The number of hydrogen-bond acceptors (Lipinski definition) is 6. The molecule has 0 atom stereocenters. The molecular weight excluding hydrogens is 284 g/mol. The van der Waals surface area contributed by atoms with Crippen molar-refractivity contribution in [3.05, 3.63) is 23.5 Å². The third-order valence-electron chi connectivity index (χ3n) is 2.31. The van der Waals surface area contributed by atoms with Crippen LogP contribution in [-0.2, 0) is 20.7 Å². The van der Waals surface area contributed by atoms with Gasteiger partial charge in [0.25, 0.3) is 5.91 Å². The van der Waals surface area contributed by atoms with Gasteiger partial charge < -0.3 is 10.1 Å². The smallest absolute Gasteiger partial charge is 0.321 e. The van der Waals surface area contributed by atoms with Crippen LogP contribution < -0.4 is 10.6 Å². The van der Waals surface area contributed by atoms with E-state index < -0.39 is 24.5 Å². The Labute approximate surface area is 117 Å². The number of imidazole rings is 1. The molecule has 0 aliphatic carbocycles. The Morgan fingerprint density at radius 3 is 2.95 bits per heavy atom. The minimum Gasteiger partial charge on any atom is -0.455 e. The molecular formula is C11H12N4O4S. The van der Waals surface area contributed by atoms with Gasteiger partial charge in [0.05, 0.1) is 12.1 Å². The molecule has 0 saturated heterocycles. The van der Waals surface area contributed by atoms with E-state index in [4.69, 9.17) is 4.74 Å². The SMILES string of the molecule is CNC(=O)NC(=O)COC(=O)Cc1cn2ccsc2n1. The molecule has 2 aromatic heterocycles. The summed E-state index contributed by atoms with van der Waals surface area (Å²) in [5.41, 5.74) is 0.563. The summed E-state index contributed by atoms with van der Waals surface area (Å²) in [7, 11) is 1.37. The van der Waals surface area contributed by atoms with Gasteiger partial charge in [0.2, 0.25) is 0 Å². The topological polar surface area (TPSA) is 102 Å². The number of carbonyl (C=O) groups is 3. The second-order valence-electron chi connectivity index (χ2n) is 3.79. The van der Waals surface area contributed by atoms with E-state index in [1.807, 2.05) is 16.9 Å². The molecule has 106 valence electrons. The Morgan fingerprint density at radius 2 is 2.25 bits per heavy atom. The van der Waals surface area contributed by atoms with Gasteiger partial charge in [0, 0.05) is 24.8 Å². The lowest BCUT2D eigenvalue weighted by molar-refractivity contribution is -0.147. The van der Waals surface area contributed by atoms with Gasteiger partial charge in [-0.15, -0.1) is 11.3 Å². The summed E-state index contributed by atoms with van der Waals surface area (Å²) >= 11 is 1.45. The number of rotatable bonds is 4. The molecule has 0 aliphatic heterocycles. The largest absolute Gasteiger partial charge is 0.455 e. The van der Waals surface area contributed by atoms with Gasteiger partial charge >= 0.3 is 12.0 Å². The van der Waals surface area contributed by atoms with Crippen LogP contribution in [-0.4, -0.2) is 40.9 Å². The van der Waals surface area contributed by atoms with Crippen LogP contribution in [0.15, 0.2) is 17.8 Å². The maximum atomic E-state index is 11.5. The zero-order valence-electron chi connectivity index (χ0n) is 10.6. The van der Waals surface area contributed by atoms with Crippen LogP contribution >= 0.6 is 11.3 Å². The minimum atomic E-state index is -0.691. The summed E-state index contributed by atoms with van der Waals surface area (Å²) < 4.78 is 6.55. The number of thiazole rings is 1. The first kappa shape index (κ1) is 14.0. The highest BCUT2D eigenvalue weighted by Gasteiger charge is 2.12. The lowest BCUT2D eigenvalue weighted by Crippen LogP contribution is -2.39. The number of carbonyl (C=O) groups excluding carboxylic acids is 3. The first-order chi connectivity index (χ1) is 9.58. The van der Waals surface area contributed by atoms with Crippen molar-refractivity contribution in [2.75, 3.05) is 13.7 Å².